The molecule has 4 rings (SSSR count). The number of carboxylic acids is 1. The normalized spacial score (nSPS) is 15.3. The molecule has 0 amide bonds. The number of nitrogens with zero attached hydrogens (tertiary/aromatic N) is 4. The van der Waals surface area contributed by atoms with Crippen LogP contribution in [0.25, 0.3) is 11.3 Å². The van der Waals surface area contributed by atoms with E-state index in [9.17, 15) is 9.90 Å². The van der Waals surface area contributed by atoms with Gasteiger partial charge in [0.2, 0.25) is 5.89 Å². The van der Waals surface area contributed by atoms with Crippen molar-refractivity contribution in [3.8, 4) is 11.3 Å². The molecule has 1 N–H and O–H groups in total. The van der Waals surface area contributed by atoms with Gasteiger partial charge in [0.05, 0.1) is 0 Å². The van der Waals surface area contributed by atoms with Gasteiger partial charge in [0, 0.05) is 36.5 Å². The van der Waals surface area contributed by atoms with Gasteiger partial charge >= 0.3 is 5.97 Å². The average molecular weight is 389 g/mol. The topological polar surface area (TPSA) is 105 Å². The SMILES string of the molecule is Cc1nc(C2CCN(c3noc(-c4ccc(Cl)cc4)c3C(=O)O)CC2)no1. The van der Waals surface area contributed by atoms with E-state index < -0.39 is 5.97 Å². The highest BCUT2D eigenvalue weighted by Gasteiger charge is 2.31. The summed E-state index contributed by atoms with van der Waals surface area (Å²) < 4.78 is 10.4. The van der Waals surface area contributed by atoms with Crippen LogP contribution < -0.4 is 4.90 Å². The fraction of sp³-hybridized carbons (Fsp3) is 0.333. The molecule has 0 radical (unpaired) electrons. The van der Waals surface area contributed by atoms with Crippen molar-refractivity contribution in [2.24, 2.45) is 0 Å². The monoisotopic (exact) mass is 388 g/mol. The Kier molecular flexibility index (Phi) is 4.57. The van der Waals surface area contributed by atoms with Crippen molar-refractivity contribution >= 4 is 23.4 Å². The molecule has 0 spiro atoms. The van der Waals surface area contributed by atoms with E-state index in [0.717, 1.165) is 12.8 Å². The zero-order chi connectivity index (χ0) is 19.0. The summed E-state index contributed by atoms with van der Waals surface area (Å²) in [4.78, 5) is 18.1. The molecule has 1 saturated heterocycles. The van der Waals surface area contributed by atoms with Gasteiger partial charge in [0.25, 0.3) is 0 Å². The van der Waals surface area contributed by atoms with Crippen LogP contribution in [0.5, 0.6) is 0 Å². The Balaban J connectivity index is 1.57. The number of benzene rings is 1. The van der Waals surface area contributed by atoms with E-state index in [1.165, 1.54) is 0 Å². The molecule has 0 unspecified atom stereocenters. The quantitative estimate of drug-likeness (QED) is 0.719. The molecule has 1 fully saturated rings. The van der Waals surface area contributed by atoms with E-state index in [-0.39, 0.29) is 17.2 Å². The molecule has 3 aromatic rings. The summed E-state index contributed by atoms with van der Waals surface area (Å²) in [5.74, 6) is 0.930. The number of piperidine rings is 1. The van der Waals surface area contributed by atoms with Crippen LogP contribution in [0.2, 0.25) is 5.02 Å². The predicted molar refractivity (Wildman–Crippen MR) is 97.1 cm³/mol. The Hall–Kier alpha value is -2.87. The third-order valence-corrected chi connectivity index (χ3v) is 4.95. The first-order valence-electron chi connectivity index (χ1n) is 8.57. The molecule has 0 aliphatic carbocycles. The van der Waals surface area contributed by atoms with E-state index in [4.69, 9.17) is 20.6 Å². The number of aromatic nitrogens is 3. The lowest BCUT2D eigenvalue weighted by atomic mass is 9.96. The highest BCUT2D eigenvalue weighted by atomic mass is 35.5. The van der Waals surface area contributed by atoms with E-state index in [1.54, 1.807) is 31.2 Å². The first-order valence-corrected chi connectivity index (χ1v) is 8.95. The zero-order valence-electron chi connectivity index (χ0n) is 14.6. The number of hydrogen-bond acceptors (Lipinski definition) is 7. The zero-order valence-corrected chi connectivity index (χ0v) is 15.3. The molecule has 3 heterocycles. The number of aryl methyl sites for hydroxylation is 1. The lowest BCUT2D eigenvalue weighted by Gasteiger charge is -2.30. The van der Waals surface area contributed by atoms with E-state index in [1.807, 2.05) is 4.90 Å². The highest BCUT2D eigenvalue weighted by Crippen LogP contribution is 2.35. The molecule has 27 heavy (non-hydrogen) atoms. The molecule has 1 aromatic carbocycles. The van der Waals surface area contributed by atoms with Gasteiger partial charge in [-0.3, -0.25) is 0 Å². The maximum absolute atomic E-state index is 11.9. The Labute approximate surface area is 159 Å². The van der Waals surface area contributed by atoms with Crippen molar-refractivity contribution in [1.29, 1.82) is 0 Å². The molecule has 0 saturated carbocycles. The molecule has 0 bridgehead atoms. The predicted octanol–water partition coefficient (Wildman–Crippen LogP) is 3.77. The van der Waals surface area contributed by atoms with Crippen LogP contribution >= 0.6 is 11.6 Å². The second kappa shape index (κ2) is 7.03. The molecule has 2 aromatic heterocycles. The third-order valence-electron chi connectivity index (χ3n) is 4.70. The minimum Gasteiger partial charge on any atom is -0.477 e. The van der Waals surface area contributed by atoms with E-state index in [0.29, 0.717) is 41.2 Å². The number of hydrogen-bond donors (Lipinski definition) is 1. The summed E-state index contributed by atoms with van der Waals surface area (Å²) in [5, 5.41) is 18.3. The van der Waals surface area contributed by atoms with Crippen LogP contribution in [-0.4, -0.2) is 39.5 Å². The van der Waals surface area contributed by atoms with Crippen LogP contribution in [0.1, 0.15) is 40.8 Å². The summed E-state index contributed by atoms with van der Waals surface area (Å²) >= 11 is 5.91. The first-order chi connectivity index (χ1) is 13.0. The molecule has 1 aliphatic heterocycles. The summed E-state index contributed by atoms with van der Waals surface area (Å²) in [7, 11) is 0. The molecule has 0 atom stereocenters. The standard InChI is InChI=1S/C18H17ClN4O4/c1-10-20-16(21-26-10)12-6-8-23(9-7-12)17-14(18(24)25)15(27-22-17)11-2-4-13(19)5-3-11/h2-5,12H,6-9H2,1H3,(H,24,25). The van der Waals surface area contributed by atoms with Gasteiger partial charge < -0.3 is 19.1 Å². The van der Waals surface area contributed by atoms with Crippen LogP contribution in [-0.2, 0) is 0 Å². The minimum absolute atomic E-state index is 0.0613. The van der Waals surface area contributed by atoms with Crippen molar-refractivity contribution in [3.05, 3.63) is 46.6 Å². The number of aromatic carboxylic acids is 1. The second-order valence-corrected chi connectivity index (χ2v) is 6.89. The van der Waals surface area contributed by atoms with Crippen LogP contribution in [0.15, 0.2) is 33.3 Å². The van der Waals surface area contributed by atoms with Crippen molar-refractivity contribution in [2.45, 2.75) is 25.7 Å². The summed E-state index contributed by atoms with van der Waals surface area (Å²) in [6.07, 6.45) is 1.56. The lowest BCUT2D eigenvalue weighted by Crippen LogP contribution is -2.34. The van der Waals surface area contributed by atoms with Crippen LogP contribution in [0.4, 0.5) is 5.82 Å². The van der Waals surface area contributed by atoms with Gasteiger partial charge in [-0.15, -0.1) is 0 Å². The summed E-state index contributed by atoms with van der Waals surface area (Å²) in [6.45, 7) is 3.02. The molecular formula is C18H17ClN4O4. The molecular weight excluding hydrogens is 372 g/mol. The van der Waals surface area contributed by atoms with Crippen molar-refractivity contribution in [2.75, 3.05) is 18.0 Å². The maximum atomic E-state index is 11.9. The van der Waals surface area contributed by atoms with Crippen LogP contribution in [0.3, 0.4) is 0 Å². The van der Waals surface area contributed by atoms with E-state index >= 15 is 0 Å². The number of rotatable bonds is 4. The summed E-state index contributed by atoms with van der Waals surface area (Å²) in [5.41, 5.74) is 0.680. The molecule has 1 aliphatic rings. The fourth-order valence-electron chi connectivity index (χ4n) is 3.32. The largest absolute Gasteiger partial charge is 0.477 e. The first kappa shape index (κ1) is 17.5. The molecule has 9 heteroatoms. The lowest BCUT2D eigenvalue weighted by molar-refractivity contribution is 0.0697. The summed E-state index contributed by atoms with van der Waals surface area (Å²) in [6, 6.07) is 6.79. The smallest absolute Gasteiger partial charge is 0.343 e. The van der Waals surface area contributed by atoms with Crippen molar-refractivity contribution in [1.82, 2.24) is 15.3 Å². The van der Waals surface area contributed by atoms with E-state index in [2.05, 4.69) is 15.3 Å². The Morgan fingerprint density at radius 2 is 1.89 bits per heavy atom. The number of carbonyl (C=O) groups is 1. The van der Waals surface area contributed by atoms with Gasteiger partial charge in [-0.2, -0.15) is 4.98 Å². The maximum Gasteiger partial charge on any atom is 0.343 e. The Morgan fingerprint density at radius 1 is 1.19 bits per heavy atom. The van der Waals surface area contributed by atoms with Crippen molar-refractivity contribution in [3.63, 3.8) is 0 Å². The number of anilines is 1. The van der Waals surface area contributed by atoms with Crippen molar-refractivity contribution < 1.29 is 18.9 Å². The number of halogens is 1. The molecule has 140 valence electrons. The minimum atomic E-state index is -1.08. The Morgan fingerprint density at radius 3 is 2.48 bits per heavy atom. The van der Waals surface area contributed by atoms with Crippen LogP contribution in [0, 0.1) is 6.92 Å². The molecule has 8 nitrogen and oxygen atoms in total. The van der Waals surface area contributed by atoms with Gasteiger partial charge in [-0.05, 0) is 37.1 Å². The highest BCUT2D eigenvalue weighted by molar-refractivity contribution is 6.30. The van der Waals surface area contributed by atoms with Gasteiger partial charge in [-0.1, -0.05) is 21.9 Å². The number of carboxylic acid groups (broad SMARTS) is 1. The van der Waals surface area contributed by atoms with Gasteiger partial charge in [-0.25, -0.2) is 4.79 Å². The van der Waals surface area contributed by atoms with Gasteiger partial charge in [0.15, 0.2) is 23.0 Å². The third kappa shape index (κ3) is 3.40. The average Bonchev–Trinajstić information content (AvgIpc) is 3.29. The Bertz CT molecular complexity index is 958. The van der Waals surface area contributed by atoms with Gasteiger partial charge in [0.1, 0.15) is 0 Å². The fourth-order valence-corrected chi connectivity index (χ4v) is 3.44. The second-order valence-electron chi connectivity index (χ2n) is 6.46.